The second-order valence-electron chi connectivity index (χ2n) is 5.82. The molecule has 0 aliphatic carbocycles. The van der Waals surface area contributed by atoms with Gasteiger partial charge in [0.1, 0.15) is 0 Å². The predicted molar refractivity (Wildman–Crippen MR) is 82.3 cm³/mol. The number of anilines is 2. The highest BCUT2D eigenvalue weighted by molar-refractivity contribution is 5.82. The summed E-state index contributed by atoms with van der Waals surface area (Å²) in [6.45, 7) is 3.38. The lowest BCUT2D eigenvalue weighted by Gasteiger charge is -2.25. The molecule has 0 radical (unpaired) electrons. The van der Waals surface area contributed by atoms with Crippen LogP contribution in [0, 0.1) is 0 Å². The van der Waals surface area contributed by atoms with Crippen LogP contribution >= 0.6 is 0 Å². The number of hydrogen-bond donors (Lipinski definition) is 1. The molecule has 4 nitrogen and oxygen atoms in total. The SMILES string of the molecule is CN(CC(=O)N1CCCC1)c1ccc2c(c1)NCCC2. The van der Waals surface area contributed by atoms with Gasteiger partial charge in [0, 0.05) is 38.1 Å². The van der Waals surface area contributed by atoms with E-state index < -0.39 is 0 Å². The largest absolute Gasteiger partial charge is 0.385 e. The Hall–Kier alpha value is -1.71. The monoisotopic (exact) mass is 273 g/mol. The van der Waals surface area contributed by atoms with Crippen molar-refractivity contribution in [3.63, 3.8) is 0 Å². The van der Waals surface area contributed by atoms with Crippen LogP contribution in [0.3, 0.4) is 0 Å². The first-order chi connectivity index (χ1) is 9.74. The van der Waals surface area contributed by atoms with Crippen LogP contribution in [-0.4, -0.2) is 44.0 Å². The van der Waals surface area contributed by atoms with Crippen LogP contribution in [0.1, 0.15) is 24.8 Å². The van der Waals surface area contributed by atoms with Gasteiger partial charge in [-0.3, -0.25) is 4.79 Å². The smallest absolute Gasteiger partial charge is 0.242 e. The number of hydrogen-bond acceptors (Lipinski definition) is 3. The van der Waals surface area contributed by atoms with Gasteiger partial charge in [0.2, 0.25) is 5.91 Å². The van der Waals surface area contributed by atoms with E-state index in [0.29, 0.717) is 6.54 Å². The Morgan fingerprint density at radius 2 is 2.10 bits per heavy atom. The number of carbonyl (C=O) groups is 1. The highest BCUT2D eigenvalue weighted by Gasteiger charge is 2.19. The second-order valence-corrected chi connectivity index (χ2v) is 5.82. The third-order valence-electron chi connectivity index (χ3n) is 4.30. The van der Waals surface area contributed by atoms with E-state index in [4.69, 9.17) is 0 Å². The molecule has 1 N–H and O–H groups in total. The predicted octanol–water partition coefficient (Wildman–Crippen LogP) is 2.10. The molecule has 1 saturated heterocycles. The molecule has 1 aromatic rings. The van der Waals surface area contributed by atoms with E-state index in [1.807, 2.05) is 11.9 Å². The molecule has 0 saturated carbocycles. The number of benzene rings is 1. The number of fused-ring (bicyclic) bond motifs is 1. The maximum absolute atomic E-state index is 12.2. The van der Waals surface area contributed by atoms with Crippen LogP contribution in [0.5, 0.6) is 0 Å². The summed E-state index contributed by atoms with van der Waals surface area (Å²) in [6, 6.07) is 6.49. The summed E-state index contributed by atoms with van der Waals surface area (Å²) in [6.07, 6.45) is 4.66. The molecule has 2 heterocycles. The van der Waals surface area contributed by atoms with Crippen molar-refractivity contribution in [1.29, 1.82) is 0 Å². The fraction of sp³-hybridized carbons (Fsp3) is 0.562. The molecule has 2 aliphatic rings. The average Bonchev–Trinajstić information content (AvgIpc) is 3.01. The molecule has 1 fully saturated rings. The Bertz CT molecular complexity index is 494. The molecule has 4 heteroatoms. The van der Waals surface area contributed by atoms with E-state index in [9.17, 15) is 4.79 Å². The van der Waals surface area contributed by atoms with E-state index in [1.54, 1.807) is 0 Å². The molecule has 0 atom stereocenters. The summed E-state index contributed by atoms with van der Waals surface area (Å²) >= 11 is 0. The van der Waals surface area contributed by atoms with Gasteiger partial charge in [-0.1, -0.05) is 6.07 Å². The lowest BCUT2D eigenvalue weighted by molar-refractivity contribution is -0.128. The van der Waals surface area contributed by atoms with Crippen LogP contribution in [0.15, 0.2) is 18.2 Å². The zero-order chi connectivity index (χ0) is 13.9. The van der Waals surface area contributed by atoms with Crippen molar-refractivity contribution in [3.8, 4) is 0 Å². The summed E-state index contributed by atoms with van der Waals surface area (Å²) in [4.78, 5) is 16.2. The highest BCUT2D eigenvalue weighted by Crippen LogP contribution is 2.27. The van der Waals surface area contributed by atoms with Crippen LogP contribution in [0.2, 0.25) is 0 Å². The van der Waals surface area contributed by atoms with Gasteiger partial charge in [-0.25, -0.2) is 0 Å². The van der Waals surface area contributed by atoms with E-state index in [-0.39, 0.29) is 5.91 Å². The zero-order valence-electron chi connectivity index (χ0n) is 12.2. The summed E-state index contributed by atoms with van der Waals surface area (Å²) in [5.41, 5.74) is 3.74. The van der Waals surface area contributed by atoms with Crippen molar-refractivity contribution in [2.75, 3.05) is 43.4 Å². The van der Waals surface area contributed by atoms with Crippen molar-refractivity contribution >= 4 is 17.3 Å². The molecule has 1 amide bonds. The van der Waals surface area contributed by atoms with Crippen LogP contribution in [-0.2, 0) is 11.2 Å². The number of likely N-dealkylation sites (N-methyl/N-ethyl adjacent to an activating group) is 1. The minimum Gasteiger partial charge on any atom is -0.385 e. The number of aryl methyl sites for hydroxylation is 1. The van der Waals surface area contributed by atoms with Crippen molar-refractivity contribution < 1.29 is 4.79 Å². The van der Waals surface area contributed by atoms with Gasteiger partial charge in [-0.2, -0.15) is 0 Å². The number of nitrogens with one attached hydrogen (secondary N) is 1. The quantitative estimate of drug-likeness (QED) is 0.916. The van der Waals surface area contributed by atoms with E-state index in [0.717, 1.165) is 44.6 Å². The minimum absolute atomic E-state index is 0.246. The standard InChI is InChI=1S/C16H23N3O/c1-18(12-16(20)19-9-2-3-10-19)14-7-6-13-5-4-8-17-15(13)11-14/h6-7,11,17H,2-5,8-10,12H2,1H3. The molecule has 108 valence electrons. The van der Waals surface area contributed by atoms with Crippen molar-refractivity contribution in [1.82, 2.24) is 4.90 Å². The Morgan fingerprint density at radius 1 is 1.30 bits per heavy atom. The minimum atomic E-state index is 0.246. The van der Waals surface area contributed by atoms with Crippen LogP contribution in [0.4, 0.5) is 11.4 Å². The Morgan fingerprint density at radius 3 is 2.90 bits per heavy atom. The van der Waals surface area contributed by atoms with Crippen LogP contribution in [0.25, 0.3) is 0 Å². The summed E-state index contributed by atoms with van der Waals surface area (Å²) in [5, 5.41) is 3.44. The number of rotatable bonds is 3. The van der Waals surface area contributed by atoms with Gasteiger partial charge < -0.3 is 15.1 Å². The van der Waals surface area contributed by atoms with Gasteiger partial charge in [0.05, 0.1) is 6.54 Å². The third kappa shape index (κ3) is 2.74. The number of amides is 1. The molecular weight excluding hydrogens is 250 g/mol. The van der Waals surface area contributed by atoms with E-state index in [2.05, 4.69) is 28.4 Å². The van der Waals surface area contributed by atoms with Gasteiger partial charge in [0.25, 0.3) is 0 Å². The molecule has 2 aliphatic heterocycles. The number of nitrogens with zero attached hydrogens (tertiary/aromatic N) is 2. The van der Waals surface area contributed by atoms with Crippen LogP contribution < -0.4 is 10.2 Å². The molecule has 0 bridgehead atoms. The Kier molecular flexibility index (Phi) is 3.81. The third-order valence-corrected chi connectivity index (χ3v) is 4.30. The summed E-state index contributed by atoms with van der Waals surface area (Å²) in [5.74, 6) is 0.246. The molecule has 3 rings (SSSR count). The van der Waals surface area contributed by atoms with E-state index >= 15 is 0 Å². The summed E-state index contributed by atoms with van der Waals surface area (Å²) < 4.78 is 0. The van der Waals surface area contributed by atoms with E-state index in [1.165, 1.54) is 17.7 Å². The lowest BCUT2D eigenvalue weighted by Crippen LogP contribution is -2.37. The highest BCUT2D eigenvalue weighted by atomic mass is 16.2. The fourth-order valence-corrected chi connectivity index (χ4v) is 3.05. The normalized spacial score (nSPS) is 17.6. The lowest BCUT2D eigenvalue weighted by atomic mass is 10.0. The molecule has 0 unspecified atom stereocenters. The maximum Gasteiger partial charge on any atom is 0.242 e. The number of likely N-dealkylation sites (tertiary alicyclic amines) is 1. The average molecular weight is 273 g/mol. The van der Waals surface area contributed by atoms with Crippen molar-refractivity contribution in [2.24, 2.45) is 0 Å². The Labute approximate surface area is 120 Å². The molecule has 0 spiro atoms. The zero-order valence-corrected chi connectivity index (χ0v) is 12.2. The Balaban J connectivity index is 1.67. The van der Waals surface area contributed by atoms with Gasteiger partial charge in [-0.05, 0) is 43.4 Å². The first-order valence-electron chi connectivity index (χ1n) is 7.60. The number of carbonyl (C=O) groups excluding carboxylic acids is 1. The van der Waals surface area contributed by atoms with Gasteiger partial charge in [-0.15, -0.1) is 0 Å². The summed E-state index contributed by atoms with van der Waals surface area (Å²) in [7, 11) is 2.00. The van der Waals surface area contributed by atoms with Crippen molar-refractivity contribution in [3.05, 3.63) is 23.8 Å². The fourth-order valence-electron chi connectivity index (χ4n) is 3.05. The molecule has 0 aromatic heterocycles. The van der Waals surface area contributed by atoms with Gasteiger partial charge >= 0.3 is 0 Å². The maximum atomic E-state index is 12.2. The molecule has 1 aromatic carbocycles. The first kappa shape index (κ1) is 13.3. The first-order valence-corrected chi connectivity index (χ1v) is 7.60. The second kappa shape index (κ2) is 5.73. The van der Waals surface area contributed by atoms with Gasteiger partial charge in [0.15, 0.2) is 0 Å². The topological polar surface area (TPSA) is 35.6 Å². The van der Waals surface area contributed by atoms with Crippen molar-refractivity contribution in [2.45, 2.75) is 25.7 Å². The molecular formula is C16H23N3O. The molecule has 20 heavy (non-hydrogen) atoms.